The first-order valence-electron chi connectivity index (χ1n) is 9.11. The van der Waals surface area contributed by atoms with E-state index in [0.29, 0.717) is 0 Å². The maximum absolute atomic E-state index is 12.5. The Hall–Kier alpha value is -3.66. The van der Waals surface area contributed by atoms with E-state index in [9.17, 15) is 19.2 Å². The number of amides is 4. The van der Waals surface area contributed by atoms with E-state index in [4.69, 9.17) is 13.9 Å². The molecule has 160 valence electrons. The van der Waals surface area contributed by atoms with Gasteiger partial charge in [-0.1, -0.05) is 30.3 Å². The lowest BCUT2D eigenvalue weighted by atomic mass is 10.1. The van der Waals surface area contributed by atoms with E-state index in [1.165, 1.54) is 19.4 Å². The highest BCUT2D eigenvalue weighted by Gasteiger charge is 2.25. The zero-order valence-electron chi connectivity index (χ0n) is 16.4. The van der Waals surface area contributed by atoms with Gasteiger partial charge >= 0.3 is 12.0 Å². The van der Waals surface area contributed by atoms with Crippen LogP contribution >= 0.6 is 0 Å². The number of hydrogen-bond donors (Lipinski definition) is 3. The Bertz CT molecular complexity index is 837. The van der Waals surface area contributed by atoms with E-state index >= 15 is 0 Å². The molecule has 10 heteroatoms. The van der Waals surface area contributed by atoms with Crippen LogP contribution in [0.2, 0.25) is 0 Å². The Morgan fingerprint density at radius 1 is 1.07 bits per heavy atom. The molecule has 0 spiro atoms. The smallest absolute Gasteiger partial charge is 0.329 e. The number of furan rings is 1. The number of nitrogens with one attached hydrogen (secondary N) is 3. The fourth-order valence-electron chi connectivity index (χ4n) is 2.39. The number of esters is 1. The van der Waals surface area contributed by atoms with Gasteiger partial charge in [0, 0.05) is 20.1 Å². The second kappa shape index (κ2) is 12.0. The summed E-state index contributed by atoms with van der Waals surface area (Å²) in [7, 11) is 1.47. The molecule has 2 rings (SSSR count). The molecule has 0 radical (unpaired) electrons. The molecule has 0 aliphatic rings. The molecule has 1 heterocycles. The van der Waals surface area contributed by atoms with Crippen molar-refractivity contribution in [1.82, 2.24) is 16.0 Å². The van der Waals surface area contributed by atoms with Crippen LogP contribution in [0.3, 0.4) is 0 Å². The van der Waals surface area contributed by atoms with Crippen LogP contribution in [0.4, 0.5) is 4.79 Å². The first-order valence-corrected chi connectivity index (χ1v) is 9.11. The van der Waals surface area contributed by atoms with E-state index in [2.05, 4.69) is 10.6 Å². The maximum atomic E-state index is 12.5. The van der Waals surface area contributed by atoms with Crippen LogP contribution in [0, 0.1) is 0 Å². The molecule has 0 bridgehead atoms. The first kappa shape index (κ1) is 22.6. The number of rotatable bonds is 10. The topological polar surface area (TPSA) is 136 Å². The summed E-state index contributed by atoms with van der Waals surface area (Å²) >= 11 is 0. The number of ether oxygens (including phenoxy) is 2. The normalized spacial score (nSPS) is 11.2. The van der Waals surface area contributed by atoms with Gasteiger partial charge in [-0.25, -0.2) is 9.59 Å². The van der Waals surface area contributed by atoms with Crippen LogP contribution in [0.1, 0.15) is 16.1 Å². The molecular formula is C20H23N3O7. The second-order valence-electron chi connectivity index (χ2n) is 6.10. The van der Waals surface area contributed by atoms with Gasteiger partial charge in [0.05, 0.1) is 12.9 Å². The highest BCUT2D eigenvalue weighted by atomic mass is 16.5. The molecule has 0 saturated carbocycles. The van der Waals surface area contributed by atoms with Crippen LogP contribution in [0.5, 0.6) is 0 Å². The lowest BCUT2D eigenvalue weighted by molar-refractivity contribution is -0.150. The average molecular weight is 417 g/mol. The lowest BCUT2D eigenvalue weighted by Crippen LogP contribution is -2.46. The predicted molar refractivity (Wildman–Crippen MR) is 104 cm³/mol. The first-order chi connectivity index (χ1) is 14.5. The SMILES string of the molecule is COCCNC(=O)NC(=O)COC(=O)[C@H](Cc1ccccc1)NC(=O)c1ccco1. The summed E-state index contributed by atoms with van der Waals surface area (Å²) in [6.07, 6.45) is 1.48. The monoisotopic (exact) mass is 417 g/mol. The third-order valence-electron chi connectivity index (χ3n) is 3.81. The fraction of sp³-hybridized carbons (Fsp3) is 0.300. The number of imide groups is 1. The van der Waals surface area contributed by atoms with Gasteiger partial charge in [0.25, 0.3) is 11.8 Å². The summed E-state index contributed by atoms with van der Waals surface area (Å²) in [5, 5.41) is 6.95. The van der Waals surface area contributed by atoms with Crippen molar-refractivity contribution in [3.05, 3.63) is 60.1 Å². The molecular weight excluding hydrogens is 394 g/mol. The second-order valence-corrected chi connectivity index (χ2v) is 6.10. The summed E-state index contributed by atoms with van der Waals surface area (Å²) in [4.78, 5) is 48.1. The van der Waals surface area contributed by atoms with E-state index in [1.807, 2.05) is 11.4 Å². The fourth-order valence-corrected chi connectivity index (χ4v) is 2.39. The number of carbonyl (C=O) groups is 4. The van der Waals surface area contributed by atoms with Crippen LogP contribution < -0.4 is 16.0 Å². The van der Waals surface area contributed by atoms with Crippen molar-refractivity contribution in [2.24, 2.45) is 0 Å². The molecule has 2 aromatic rings. The number of carbonyl (C=O) groups excluding carboxylic acids is 4. The van der Waals surface area contributed by atoms with Gasteiger partial charge in [-0.2, -0.15) is 0 Å². The van der Waals surface area contributed by atoms with Crippen LogP contribution in [0.15, 0.2) is 53.1 Å². The molecule has 3 N–H and O–H groups in total. The molecule has 4 amide bonds. The van der Waals surface area contributed by atoms with E-state index < -0.39 is 36.5 Å². The molecule has 1 aromatic heterocycles. The Balaban J connectivity index is 1.92. The highest BCUT2D eigenvalue weighted by molar-refractivity contribution is 5.97. The zero-order valence-corrected chi connectivity index (χ0v) is 16.4. The standard InChI is InChI=1S/C20H23N3O7/c1-28-11-9-21-20(27)23-17(24)13-30-19(26)15(12-14-6-3-2-4-7-14)22-18(25)16-8-5-10-29-16/h2-8,10,15H,9,11-13H2,1H3,(H,22,25)(H2,21,23,24,27)/t15-/m0/s1. The number of methoxy groups -OCH3 is 1. The Kier molecular flexibility index (Phi) is 9.07. The highest BCUT2D eigenvalue weighted by Crippen LogP contribution is 2.07. The Morgan fingerprint density at radius 2 is 1.83 bits per heavy atom. The summed E-state index contributed by atoms with van der Waals surface area (Å²) < 4.78 is 14.8. The van der Waals surface area contributed by atoms with Crippen molar-refractivity contribution in [1.29, 1.82) is 0 Å². The van der Waals surface area contributed by atoms with Gasteiger partial charge < -0.3 is 24.5 Å². The van der Waals surface area contributed by atoms with Gasteiger partial charge in [-0.15, -0.1) is 0 Å². The third kappa shape index (κ3) is 7.76. The number of hydrogen-bond acceptors (Lipinski definition) is 7. The molecule has 30 heavy (non-hydrogen) atoms. The summed E-state index contributed by atoms with van der Waals surface area (Å²) in [6, 6.07) is 10.2. The van der Waals surface area contributed by atoms with E-state index in [1.54, 1.807) is 30.3 Å². The molecule has 0 aliphatic carbocycles. The zero-order chi connectivity index (χ0) is 21.8. The van der Waals surface area contributed by atoms with Gasteiger partial charge in [0.1, 0.15) is 6.04 Å². The lowest BCUT2D eigenvalue weighted by Gasteiger charge is -2.17. The summed E-state index contributed by atoms with van der Waals surface area (Å²) in [5.41, 5.74) is 0.779. The molecule has 0 aliphatic heterocycles. The van der Waals surface area contributed by atoms with Crippen LogP contribution in [-0.4, -0.2) is 56.7 Å². The van der Waals surface area contributed by atoms with E-state index in [-0.39, 0.29) is 25.3 Å². The summed E-state index contributed by atoms with van der Waals surface area (Å²) in [6.45, 7) is -0.182. The minimum absolute atomic E-state index is 0.0336. The van der Waals surface area contributed by atoms with E-state index in [0.717, 1.165) is 5.56 Å². The molecule has 1 aromatic carbocycles. The quantitative estimate of drug-likeness (QED) is 0.381. The maximum Gasteiger partial charge on any atom is 0.329 e. The van der Waals surface area contributed by atoms with Crippen molar-refractivity contribution in [3.8, 4) is 0 Å². The molecule has 0 unspecified atom stereocenters. The van der Waals surface area contributed by atoms with Crippen LogP contribution in [0.25, 0.3) is 0 Å². The van der Waals surface area contributed by atoms with Crippen molar-refractivity contribution >= 4 is 23.8 Å². The third-order valence-corrected chi connectivity index (χ3v) is 3.81. The van der Waals surface area contributed by atoms with Crippen molar-refractivity contribution in [2.45, 2.75) is 12.5 Å². The van der Waals surface area contributed by atoms with Gasteiger partial charge in [-0.3, -0.25) is 14.9 Å². The summed E-state index contributed by atoms with van der Waals surface area (Å²) in [5.74, 6) is -2.20. The average Bonchev–Trinajstić information content (AvgIpc) is 3.27. The number of benzene rings is 1. The number of urea groups is 1. The van der Waals surface area contributed by atoms with Gasteiger partial charge in [-0.05, 0) is 17.7 Å². The largest absolute Gasteiger partial charge is 0.459 e. The molecule has 1 atom stereocenters. The van der Waals surface area contributed by atoms with Crippen LogP contribution in [-0.2, 0) is 25.5 Å². The Morgan fingerprint density at radius 3 is 2.50 bits per heavy atom. The Labute approximate surface area is 172 Å². The molecule has 0 saturated heterocycles. The minimum Gasteiger partial charge on any atom is -0.459 e. The molecule has 10 nitrogen and oxygen atoms in total. The van der Waals surface area contributed by atoms with Gasteiger partial charge in [0.2, 0.25) is 0 Å². The van der Waals surface area contributed by atoms with Crippen molar-refractivity contribution in [2.75, 3.05) is 26.9 Å². The van der Waals surface area contributed by atoms with Crippen molar-refractivity contribution < 1.29 is 33.1 Å². The van der Waals surface area contributed by atoms with Gasteiger partial charge in [0.15, 0.2) is 12.4 Å². The molecule has 0 fully saturated rings. The predicted octanol–water partition coefficient (Wildman–Crippen LogP) is 0.636. The minimum atomic E-state index is -1.06. The van der Waals surface area contributed by atoms with Crippen molar-refractivity contribution in [3.63, 3.8) is 0 Å².